The number of aliphatic hydroxyl groups excluding tert-OH is 1. The first-order valence-corrected chi connectivity index (χ1v) is 10.1. The molecule has 2 unspecified atom stereocenters. The van der Waals surface area contributed by atoms with Gasteiger partial charge in [-0.25, -0.2) is 8.42 Å². The molecule has 0 aromatic heterocycles. The van der Waals surface area contributed by atoms with Gasteiger partial charge in [0.2, 0.25) is 0 Å². The van der Waals surface area contributed by atoms with Gasteiger partial charge in [-0.2, -0.15) is 0 Å². The van der Waals surface area contributed by atoms with Crippen LogP contribution in [-0.2, 0) is 9.84 Å². The van der Waals surface area contributed by atoms with Gasteiger partial charge in [-0.1, -0.05) is 58.6 Å². The number of hydrogen-bond donors (Lipinski definition) is 1. The van der Waals surface area contributed by atoms with Crippen molar-refractivity contribution in [2.75, 3.05) is 5.75 Å². The molecule has 1 N–H and O–H groups in total. The Morgan fingerprint density at radius 1 is 1.09 bits per heavy atom. The number of sulfone groups is 1. The highest BCUT2D eigenvalue weighted by atomic mass is 32.2. The average molecular weight is 327 g/mol. The lowest BCUT2D eigenvalue weighted by Crippen LogP contribution is -2.16. The Morgan fingerprint density at radius 2 is 1.82 bits per heavy atom. The van der Waals surface area contributed by atoms with Crippen molar-refractivity contribution in [1.82, 2.24) is 0 Å². The summed E-state index contributed by atoms with van der Waals surface area (Å²) in [7, 11) is -3.28. The van der Waals surface area contributed by atoms with E-state index in [1.165, 1.54) is 0 Å². The van der Waals surface area contributed by atoms with Crippen molar-refractivity contribution in [3.63, 3.8) is 0 Å². The normalized spacial score (nSPS) is 14.7. The van der Waals surface area contributed by atoms with Crippen molar-refractivity contribution in [3.8, 4) is 0 Å². The summed E-state index contributed by atoms with van der Waals surface area (Å²) in [5.41, 5.74) is 0.699. The van der Waals surface area contributed by atoms with E-state index in [0.29, 0.717) is 16.9 Å². The number of aliphatic hydroxyl groups is 1. The first-order valence-electron chi connectivity index (χ1n) is 8.45. The third kappa shape index (κ3) is 5.73. The third-order valence-corrected chi connectivity index (χ3v) is 6.04. The van der Waals surface area contributed by atoms with Crippen LogP contribution in [-0.4, -0.2) is 19.3 Å². The van der Waals surface area contributed by atoms with Crippen molar-refractivity contribution in [1.29, 1.82) is 0 Å². The molecule has 0 bridgehead atoms. The minimum atomic E-state index is -3.28. The van der Waals surface area contributed by atoms with E-state index in [1.807, 2.05) is 6.92 Å². The van der Waals surface area contributed by atoms with Gasteiger partial charge in [0, 0.05) is 0 Å². The zero-order valence-corrected chi connectivity index (χ0v) is 14.9. The van der Waals surface area contributed by atoms with Gasteiger partial charge < -0.3 is 5.11 Å². The Hall–Kier alpha value is -0.870. The smallest absolute Gasteiger partial charge is 0.178 e. The largest absolute Gasteiger partial charge is 0.388 e. The predicted octanol–water partition coefficient (Wildman–Crippen LogP) is 4.51. The van der Waals surface area contributed by atoms with E-state index in [4.69, 9.17) is 0 Å². The first-order chi connectivity index (χ1) is 10.4. The van der Waals surface area contributed by atoms with Gasteiger partial charge >= 0.3 is 0 Å². The lowest BCUT2D eigenvalue weighted by molar-refractivity contribution is 0.166. The average Bonchev–Trinajstić information content (AvgIpc) is 2.51. The molecule has 0 spiro atoms. The van der Waals surface area contributed by atoms with Crippen molar-refractivity contribution < 1.29 is 13.5 Å². The van der Waals surface area contributed by atoms with Crippen LogP contribution in [0.2, 0.25) is 0 Å². The highest BCUT2D eigenvalue weighted by Gasteiger charge is 2.21. The molecule has 1 aromatic rings. The third-order valence-electron chi connectivity index (χ3n) is 4.16. The Bertz CT molecular complexity index is 537. The van der Waals surface area contributed by atoms with Gasteiger partial charge in [-0.15, -0.1) is 0 Å². The maximum absolute atomic E-state index is 12.6. The molecular formula is C18H30O3S. The minimum absolute atomic E-state index is 0.205. The van der Waals surface area contributed by atoms with E-state index >= 15 is 0 Å². The molecule has 22 heavy (non-hydrogen) atoms. The predicted molar refractivity (Wildman–Crippen MR) is 91.7 cm³/mol. The van der Waals surface area contributed by atoms with E-state index in [-0.39, 0.29) is 11.7 Å². The van der Waals surface area contributed by atoms with Gasteiger partial charge in [-0.3, -0.25) is 0 Å². The van der Waals surface area contributed by atoms with Crippen molar-refractivity contribution in [2.24, 2.45) is 5.92 Å². The second kappa shape index (κ2) is 9.31. The van der Waals surface area contributed by atoms with E-state index in [1.54, 1.807) is 24.3 Å². The summed E-state index contributed by atoms with van der Waals surface area (Å²) in [6.45, 7) is 6.18. The maximum atomic E-state index is 12.6. The Balaban J connectivity index is 2.90. The summed E-state index contributed by atoms with van der Waals surface area (Å²) in [5, 5.41) is 10.1. The zero-order chi connectivity index (χ0) is 16.6. The molecule has 0 aliphatic carbocycles. The molecule has 3 nitrogen and oxygen atoms in total. The van der Waals surface area contributed by atoms with Crippen molar-refractivity contribution in [3.05, 3.63) is 29.8 Å². The summed E-state index contributed by atoms with van der Waals surface area (Å²) in [4.78, 5) is 0.343. The van der Waals surface area contributed by atoms with Crippen LogP contribution in [0.25, 0.3) is 0 Å². The van der Waals surface area contributed by atoms with Gasteiger partial charge in [-0.05, 0) is 36.5 Å². The Morgan fingerprint density at radius 3 is 2.41 bits per heavy atom. The Kier molecular flexibility index (Phi) is 8.12. The fourth-order valence-electron chi connectivity index (χ4n) is 2.66. The number of hydrogen-bond acceptors (Lipinski definition) is 3. The van der Waals surface area contributed by atoms with Crippen LogP contribution in [0.15, 0.2) is 29.2 Å². The first kappa shape index (κ1) is 19.2. The molecule has 4 heteroatoms. The van der Waals surface area contributed by atoms with Crippen molar-refractivity contribution >= 4 is 9.84 Å². The number of rotatable bonds is 10. The van der Waals surface area contributed by atoms with Gasteiger partial charge in [0.25, 0.3) is 0 Å². The second-order valence-corrected chi connectivity index (χ2v) is 8.11. The van der Waals surface area contributed by atoms with Crippen LogP contribution >= 0.6 is 0 Å². The molecule has 0 heterocycles. The molecule has 126 valence electrons. The molecule has 0 saturated carbocycles. The SMILES string of the molecule is CCCCC(CC)CS(=O)(=O)c1cccc(C(O)CCC)c1. The fraction of sp³-hybridized carbons (Fsp3) is 0.667. The second-order valence-electron chi connectivity index (χ2n) is 6.07. The summed E-state index contributed by atoms with van der Waals surface area (Å²) in [6, 6.07) is 6.81. The van der Waals surface area contributed by atoms with Crippen LogP contribution in [0.5, 0.6) is 0 Å². The van der Waals surface area contributed by atoms with E-state index in [0.717, 1.165) is 32.1 Å². The van der Waals surface area contributed by atoms with Crippen LogP contribution in [0.3, 0.4) is 0 Å². The molecule has 0 saturated heterocycles. The molecule has 0 aliphatic rings. The standard InChI is InChI=1S/C18H30O3S/c1-4-7-10-15(6-3)14-22(20,21)17-12-8-11-16(13-17)18(19)9-5-2/h8,11-13,15,18-19H,4-7,9-10,14H2,1-3H3. The van der Waals surface area contributed by atoms with Gasteiger partial charge in [0.15, 0.2) is 9.84 Å². The Labute approximate surface area is 135 Å². The minimum Gasteiger partial charge on any atom is -0.388 e. The number of benzene rings is 1. The van der Waals surface area contributed by atoms with Gasteiger partial charge in [0.05, 0.1) is 16.8 Å². The molecule has 2 atom stereocenters. The van der Waals surface area contributed by atoms with Crippen LogP contribution in [0, 0.1) is 5.92 Å². The molecule has 1 aromatic carbocycles. The summed E-state index contributed by atoms with van der Waals surface area (Å²) >= 11 is 0. The lowest BCUT2D eigenvalue weighted by atomic mass is 10.0. The molecule has 0 radical (unpaired) electrons. The summed E-state index contributed by atoms with van der Waals surface area (Å²) < 4.78 is 25.2. The summed E-state index contributed by atoms with van der Waals surface area (Å²) in [6.07, 6.45) is 4.95. The summed E-state index contributed by atoms with van der Waals surface area (Å²) in [5.74, 6) is 0.422. The van der Waals surface area contributed by atoms with E-state index < -0.39 is 15.9 Å². The van der Waals surface area contributed by atoms with Crippen LogP contribution in [0.4, 0.5) is 0 Å². The monoisotopic (exact) mass is 326 g/mol. The highest BCUT2D eigenvalue weighted by molar-refractivity contribution is 7.91. The maximum Gasteiger partial charge on any atom is 0.178 e. The molecule has 1 rings (SSSR count). The lowest BCUT2D eigenvalue weighted by Gasteiger charge is -2.16. The number of unbranched alkanes of at least 4 members (excludes halogenated alkanes) is 1. The molecular weight excluding hydrogens is 296 g/mol. The molecule has 0 fully saturated rings. The van der Waals surface area contributed by atoms with E-state index in [9.17, 15) is 13.5 Å². The molecule has 0 aliphatic heterocycles. The van der Waals surface area contributed by atoms with Gasteiger partial charge in [0.1, 0.15) is 0 Å². The van der Waals surface area contributed by atoms with Crippen LogP contribution < -0.4 is 0 Å². The van der Waals surface area contributed by atoms with Crippen LogP contribution in [0.1, 0.15) is 71.0 Å². The van der Waals surface area contributed by atoms with Crippen molar-refractivity contribution in [2.45, 2.75) is 70.3 Å². The molecule has 0 amide bonds. The quantitative estimate of drug-likeness (QED) is 0.688. The zero-order valence-electron chi connectivity index (χ0n) is 14.1. The fourth-order valence-corrected chi connectivity index (χ4v) is 4.48. The highest BCUT2D eigenvalue weighted by Crippen LogP contribution is 2.24. The van der Waals surface area contributed by atoms with E-state index in [2.05, 4.69) is 13.8 Å². The topological polar surface area (TPSA) is 54.4 Å².